The number of benzene rings is 1. The van der Waals surface area contributed by atoms with Crippen LogP contribution in [0.3, 0.4) is 0 Å². The number of ketones is 1. The van der Waals surface area contributed by atoms with Crippen LogP contribution in [0.4, 0.5) is 0 Å². The van der Waals surface area contributed by atoms with E-state index in [9.17, 15) is 19.5 Å². The number of hydrogen-bond acceptors (Lipinski definition) is 6. The van der Waals surface area contributed by atoms with Crippen LogP contribution in [0.2, 0.25) is 0 Å². The van der Waals surface area contributed by atoms with Crippen molar-refractivity contribution in [1.82, 2.24) is 0 Å². The summed E-state index contributed by atoms with van der Waals surface area (Å²) in [6.45, 7) is 5.00. The van der Waals surface area contributed by atoms with Crippen molar-refractivity contribution in [2.24, 2.45) is 11.8 Å². The lowest BCUT2D eigenvalue weighted by Crippen LogP contribution is -2.55. The summed E-state index contributed by atoms with van der Waals surface area (Å²) >= 11 is 3.37. The molecule has 1 aliphatic carbocycles. The van der Waals surface area contributed by atoms with Gasteiger partial charge in [0, 0.05) is 16.8 Å². The van der Waals surface area contributed by atoms with Gasteiger partial charge in [-0.2, -0.15) is 0 Å². The van der Waals surface area contributed by atoms with Crippen LogP contribution in [0.5, 0.6) is 0 Å². The molecule has 0 aliphatic heterocycles. The van der Waals surface area contributed by atoms with Gasteiger partial charge < -0.3 is 14.6 Å². The number of carbonyl (C=O) groups is 3. The van der Waals surface area contributed by atoms with E-state index in [0.717, 1.165) is 4.47 Å². The fourth-order valence-electron chi connectivity index (χ4n) is 3.59. The Morgan fingerprint density at radius 2 is 1.85 bits per heavy atom. The van der Waals surface area contributed by atoms with E-state index in [1.165, 1.54) is 6.92 Å². The highest BCUT2D eigenvalue weighted by Crippen LogP contribution is 2.47. The van der Waals surface area contributed by atoms with Gasteiger partial charge in [0.15, 0.2) is 5.78 Å². The number of ether oxygens (including phenoxy) is 2. The zero-order valence-corrected chi connectivity index (χ0v) is 16.6. The second-order valence-corrected chi connectivity index (χ2v) is 7.46. The van der Waals surface area contributed by atoms with Gasteiger partial charge in [-0.25, -0.2) is 0 Å². The lowest BCUT2D eigenvalue weighted by molar-refractivity contribution is -0.172. The quantitative estimate of drug-likeness (QED) is 0.574. The minimum atomic E-state index is -1.63. The van der Waals surface area contributed by atoms with Crippen LogP contribution in [0.25, 0.3) is 0 Å². The molecular formula is C19H23BrO6. The Morgan fingerprint density at radius 1 is 1.23 bits per heavy atom. The highest BCUT2D eigenvalue weighted by Gasteiger charge is 2.57. The van der Waals surface area contributed by atoms with E-state index in [0.29, 0.717) is 5.56 Å². The normalized spacial score (nSPS) is 28.5. The van der Waals surface area contributed by atoms with E-state index in [1.54, 1.807) is 38.1 Å². The third-order valence-corrected chi connectivity index (χ3v) is 5.08. The van der Waals surface area contributed by atoms with Gasteiger partial charge in [0.2, 0.25) is 0 Å². The van der Waals surface area contributed by atoms with Crippen LogP contribution in [-0.2, 0) is 23.9 Å². The summed E-state index contributed by atoms with van der Waals surface area (Å²) in [5, 5.41) is 10.8. The molecule has 26 heavy (non-hydrogen) atoms. The summed E-state index contributed by atoms with van der Waals surface area (Å²) in [7, 11) is 0. The maximum absolute atomic E-state index is 12.7. The number of carbonyl (C=O) groups excluding carboxylic acids is 3. The van der Waals surface area contributed by atoms with Gasteiger partial charge in [-0.1, -0.05) is 28.1 Å². The van der Waals surface area contributed by atoms with Crippen LogP contribution < -0.4 is 0 Å². The molecule has 142 valence electrons. The standard InChI is InChI=1S/C19H23BrO6/c1-4-25-17(22)15-13(21)10-19(3,24)16(18(23)26-5-2)14(15)11-7-6-8-12(20)9-11/h6-9,14-16,24H,4-5,10H2,1-3H3/t14-,15+,16+,19-/m0/s1. The molecule has 1 aromatic rings. The minimum Gasteiger partial charge on any atom is -0.466 e. The molecule has 0 heterocycles. The minimum absolute atomic E-state index is 0.119. The molecule has 1 saturated carbocycles. The highest BCUT2D eigenvalue weighted by atomic mass is 79.9. The molecular weight excluding hydrogens is 404 g/mol. The molecule has 0 aromatic heterocycles. The Hall–Kier alpha value is -1.73. The topological polar surface area (TPSA) is 89.9 Å². The van der Waals surface area contributed by atoms with Crippen molar-refractivity contribution in [2.45, 2.75) is 38.7 Å². The summed E-state index contributed by atoms with van der Waals surface area (Å²) in [5.74, 6) is -4.87. The number of halogens is 1. The third-order valence-electron chi connectivity index (χ3n) is 4.58. The summed E-state index contributed by atoms with van der Waals surface area (Å²) in [6, 6.07) is 7.00. The predicted molar refractivity (Wildman–Crippen MR) is 97.4 cm³/mol. The van der Waals surface area contributed by atoms with Crippen molar-refractivity contribution in [3.63, 3.8) is 0 Å². The third kappa shape index (κ3) is 4.15. The van der Waals surface area contributed by atoms with Crippen molar-refractivity contribution < 1.29 is 29.0 Å². The molecule has 2 rings (SSSR count). The Morgan fingerprint density at radius 3 is 2.42 bits per heavy atom. The second kappa shape index (κ2) is 8.31. The molecule has 0 bridgehead atoms. The van der Waals surface area contributed by atoms with Gasteiger partial charge in [0.1, 0.15) is 5.92 Å². The molecule has 1 aliphatic rings. The highest BCUT2D eigenvalue weighted by molar-refractivity contribution is 9.10. The summed E-state index contributed by atoms with van der Waals surface area (Å²) < 4.78 is 11.0. The number of Topliss-reactive ketones (excluding diaryl/α,β-unsaturated/α-hetero) is 1. The first-order valence-electron chi connectivity index (χ1n) is 8.56. The Kier molecular flexibility index (Phi) is 6.58. The van der Waals surface area contributed by atoms with Crippen LogP contribution in [0.15, 0.2) is 28.7 Å². The molecule has 0 spiro atoms. The molecule has 6 nitrogen and oxygen atoms in total. The molecule has 1 fully saturated rings. The maximum Gasteiger partial charge on any atom is 0.317 e. The smallest absolute Gasteiger partial charge is 0.317 e. The van der Waals surface area contributed by atoms with E-state index in [2.05, 4.69) is 15.9 Å². The second-order valence-electron chi connectivity index (χ2n) is 6.54. The van der Waals surface area contributed by atoms with E-state index >= 15 is 0 Å². The molecule has 1 aromatic carbocycles. The number of aliphatic hydroxyl groups is 1. The van der Waals surface area contributed by atoms with Crippen LogP contribution >= 0.6 is 15.9 Å². The SMILES string of the molecule is CCOC(=O)[C@@H]1C(=O)C[C@](C)(O)[C@@H](C(=O)OCC)[C@H]1c1cccc(Br)c1. The average Bonchev–Trinajstić information content (AvgIpc) is 2.53. The lowest BCUT2D eigenvalue weighted by atomic mass is 9.62. The van der Waals surface area contributed by atoms with E-state index < -0.39 is 41.1 Å². The van der Waals surface area contributed by atoms with Crippen molar-refractivity contribution in [1.29, 1.82) is 0 Å². The van der Waals surface area contributed by atoms with Crippen molar-refractivity contribution >= 4 is 33.7 Å². The maximum atomic E-state index is 12.7. The van der Waals surface area contributed by atoms with Crippen LogP contribution in [-0.4, -0.2) is 41.6 Å². The summed E-state index contributed by atoms with van der Waals surface area (Å²) in [5.41, 5.74) is -1.04. The van der Waals surface area contributed by atoms with E-state index in [-0.39, 0.29) is 19.6 Å². The van der Waals surface area contributed by atoms with E-state index in [1.807, 2.05) is 0 Å². The fourth-order valence-corrected chi connectivity index (χ4v) is 4.01. The Bertz CT molecular complexity index is 699. The molecule has 0 radical (unpaired) electrons. The van der Waals surface area contributed by atoms with Crippen molar-refractivity contribution in [3.8, 4) is 0 Å². The van der Waals surface area contributed by atoms with Crippen molar-refractivity contribution in [2.75, 3.05) is 13.2 Å². The fraction of sp³-hybridized carbons (Fsp3) is 0.526. The largest absolute Gasteiger partial charge is 0.466 e. The van der Waals surface area contributed by atoms with Crippen LogP contribution in [0, 0.1) is 11.8 Å². The number of esters is 2. The Labute approximate surface area is 161 Å². The zero-order chi connectivity index (χ0) is 19.5. The molecule has 4 atom stereocenters. The molecule has 0 amide bonds. The van der Waals surface area contributed by atoms with Gasteiger partial charge in [-0.05, 0) is 38.5 Å². The molecule has 0 unspecified atom stereocenters. The van der Waals surface area contributed by atoms with Crippen molar-refractivity contribution in [3.05, 3.63) is 34.3 Å². The first kappa shape index (κ1) is 20.6. The monoisotopic (exact) mass is 426 g/mol. The van der Waals surface area contributed by atoms with Gasteiger partial charge in [0.25, 0.3) is 0 Å². The Balaban J connectivity index is 2.61. The lowest BCUT2D eigenvalue weighted by Gasteiger charge is -2.43. The zero-order valence-electron chi connectivity index (χ0n) is 15.0. The average molecular weight is 427 g/mol. The summed E-state index contributed by atoms with van der Waals surface area (Å²) in [6.07, 6.45) is -0.315. The van der Waals surface area contributed by atoms with Gasteiger partial charge in [-0.15, -0.1) is 0 Å². The molecule has 1 N–H and O–H groups in total. The first-order valence-corrected chi connectivity index (χ1v) is 9.36. The predicted octanol–water partition coefficient (Wildman–Crippen LogP) is 2.62. The molecule has 7 heteroatoms. The molecule has 0 saturated heterocycles. The first-order chi connectivity index (χ1) is 12.2. The number of rotatable bonds is 5. The van der Waals surface area contributed by atoms with E-state index in [4.69, 9.17) is 9.47 Å². The van der Waals surface area contributed by atoms with Crippen LogP contribution in [0.1, 0.15) is 38.7 Å². The summed E-state index contributed by atoms with van der Waals surface area (Å²) in [4.78, 5) is 37.9. The van der Waals surface area contributed by atoms with Gasteiger partial charge in [0.05, 0.1) is 24.7 Å². The number of hydrogen-bond donors (Lipinski definition) is 1. The van der Waals surface area contributed by atoms with Gasteiger partial charge >= 0.3 is 11.9 Å². The van der Waals surface area contributed by atoms with Gasteiger partial charge in [-0.3, -0.25) is 14.4 Å².